The van der Waals surface area contributed by atoms with Crippen molar-refractivity contribution in [2.45, 2.75) is 52.6 Å². The average Bonchev–Trinajstić information content (AvgIpc) is 2.93. The van der Waals surface area contributed by atoms with E-state index >= 15 is 0 Å². The maximum absolute atomic E-state index is 5.77. The van der Waals surface area contributed by atoms with Gasteiger partial charge >= 0.3 is 0 Å². The van der Waals surface area contributed by atoms with E-state index in [1.54, 1.807) is 0 Å². The first-order valence-electron chi connectivity index (χ1n) is 10.2. The standard InChI is InChI=1S/C21H36N4O2.HI/c1-5-25(6-2)12-7-9-17(3)24-21(22-4)23-16-18-10-11-19-20(15-18)27-14-8-13-26-19;/h10-11,15,17H,5-9,12-14,16H2,1-4H3,(H2,22,23,24);1H. The second-order valence-corrected chi connectivity index (χ2v) is 6.97. The lowest BCUT2D eigenvalue weighted by atomic mass is 10.1. The quantitative estimate of drug-likeness (QED) is 0.306. The van der Waals surface area contributed by atoms with Crippen LogP contribution in [0.25, 0.3) is 0 Å². The molecular formula is C21H37IN4O2. The number of aliphatic imine (C=N–C) groups is 1. The molecule has 28 heavy (non-hydrogen) atoms. The summed E-state index contributed by atoms with van der Waals surface area (Å²) >= 11 is 0. The van der Waals surface area contributed by atoms with Crippen molar-refractivity contribution in [3.8, 4) is 11.5 Å². The van der Waals surface area contributed by atoms with E-state index in [2.05, 4.69) is 53.4 Å². The Hall–Kier alpha value is -1.22. The minimum absolute atomic E-state index is 0. The number of guanidine groups is 1. The van der Waals surface area contributed by atoms with Gasteiger partial charge in [-0.15, -0.1) is 24.0 Å². The van der Waals surface area contributed by atoms with Gasteiger partial charge in [-0.1, -0.05) is 19.9 Å². The lowest BCUT2D eigenvalue weighted by Gasteiger charge is -2.21. The molecule has 1 heterocycles. The molecule has 0 spiro atoms. The third-order valence-corrected chi connectivity index (χ3v) is 4.88. The Morgan fingerprint density at radius 3 is 2.57 bits per heavy atom. The highest BCUT2D eigenvalue weighted by Gasteiger charge is 2.11. The van der Waals surface area contributed by atoms with E-state index in [9.17, 15) is 0 Å². The van der Waals surface area contributed by atoms with Crippen molar-refractivity contribution in [3.05, 3.63) is 23.8 Å². The van der Waals surface area contributed by atoms with Crippen molar-refractivity contribution >= 4 is 29.9 Å². The van der Waals surface area contributed by atoms with Crippen LogP contribution in [0, 0.1) is 0 Å². The largest absolute Gasteiger partial charge is 0.490 e. The van der Waals surface area contributed by atoms with Crippen LogP contribution in [0.3, 0.4) is 0 Å². The van der Waals surface area contributed by atoms with Gasteiger partial charge in [-0.2, -0.15) is 0 Å². The fourth-order valence-corrected chi connectivity index (χ4v) is 3.16. The summed E-state index contributed by atoms with van der Waals surface area (Å²) in [5.74, 6) is 2.50. The van der Waals surface area contributed by atoms with Gasteiger partial charge in [-0.25, -0.2) is 0 Å². The van der Waals surface area contributed by atoms with Gasteiger partial charge in [-0.3, -0.25) is 4.99 Å². The first-order chi connectivity index (χ1) is 13.2. The molecule has 0 fully saturated rings. The molecule has 0 saturated heterocycles. The molecule has 0 aliphatic carbocycles. The molecule has 1 aromatic carbocycles. The SMILES string of the molecule is CCN(CC)CCCC(C)NC(=NC)NCc1ccc2c(c1)OCCCO2.I. The summed E-state index contributed by atoms with van der Waals surface area (Å²) in [4.78, 5) is 6.81. The molecule has 7 heteroatoms. The zero-order chi connectivity index (χ0) is 19.5. The van der Waals surface area contributed by atoms with E-state index in [1.165, 1.54) is 6.42 Å². The lowest BCUT2D eigenvalue weighted by molar-refractivity contribution is 0.292. The van der Waals surface area contributed by atoms with Crippen LogP contribution in [-0.2, 0) is 6.54 Å². The highest BCUT2D eigenvalue weighted by atomic mass is 127. The Kier molecular flexibility index (Phi) is 12.3. The minimum Gasteiger partial charge on any atom is -0.490 e. The minimum atomic E-state index is 0. The molecule has 2 rings (SSSR count). The van der Waals surface area contributed by atoms with E-state index in [1.807, 2.05) is 13.1 Å². The summed E-state index contributed by atoms with van der Waals surface area (Å²) in [7, 11) is 1.81. The fraction of sp³-hybridized carbons (Fsp3) is 0.667. The number of rotatable bonds is 9. The molecule has 1 atom stereocenters. The van der Waals surface area contributed by atoms with Crippen LogP contribution in [0.5, 0.6) is 11.5 Å². The van der Waals surface area contributed by atoms with E-state index in [4.69, 9.17) is 9.47 Å². The van der Waals surface area contributed by atoms with Gasteiger partial charge in [0.15, 0.2) is 17.5 Å². The number of benzene rings is 1. The predicted octanol–water partition coefficient (Wildman–Crippen LogP) is 3.64. The maximum Gasteiger partial charge on any atom is 0.191 e. The Balaban J connectivity index is 0.00000392. The number of fused-ring (bicyclic) bond motifs is 1. The number of hydrogen-bond donors (Lipinski definition) is 2. The van der Waals surface area contributed by atoms with Crippen molar-refractivity contribution in [2.75, 3.05) is 39.9 Å². The van der Waals surface area contributed by atoms with E-state index in [-0.39, 0.29) is 24.0 Å². The van der Waals surface area contributed by atoms with Crippen LogP contribution in [-0.4, -0.2) is 56.8 Å². The smallest absolute Gasteiger partial charge is 0.191 e. The van der Waals surface area contributed by atoms with Crippen molar-refractivity contribution in [3.63, 3.8) is 0 Å². The molecule has 0 amide bonds. The summed E-state index contributed by atoms with van der Waals surface area (Å²) < 4.78 is 11.5. The zero-order valence-corrected chi connectivity index (χ0v) is 20.1. The highest BCUT2D eigenvalue weighted by molar-refractivity contribution is 14.0. The second kappa shape index (κ2) is 13.9. The van der Waals surface area contributed by atoms with Crippen molar-refractivity contribution in [1.29, 1.82) is 0 Å². The fourth-order valence-electron chi connectivity index (χ4n) is 3.16. The van der Waals surface area contributed by atoms with E-state index < -0.39 is 0 Å². The Bertz CT molecular complexity index is 594. The topological polar surface area (TPSA) is 58.1 Å². The van der Waals surface area contributed by atoms with Gasteiger partial charge in [0.05, 0.1) is 13.2 Å². The molecule has 2 N–H and O–H groups in total. The molecule has 1 unspecified atom stereocenters. The van der Waals surface area contributed by atoms with Gasteiger partial charge in [0, 0.05) is 26.1 Å². The van der Waals surface area contributed by atoms with Crippen LogP contribution in [0.15, 0.2) is 23.2 Å². The van der Waals surface area contributed by atoms with Crippen LogP contribution in [0.4, 0.5) is 0 Å². The normalized spacial score (nSPS) is 14.8. The summed E-state index contributed by atoms with van der Waals surface area (Å²) in [6, 6.07) is 6.50. The van der Waals surface area contributed by atoms with E-state index in [0.717, 1.165) is 55.5 Å². The van der Waals surface area contributed by atoms with Crippen molar-refractivity contribution in [2.24, 2.45) is 4.99 Å². The molecule has 0 radical (unpaired) electrons. The average molecular weight is 504 g/mol. The van der Waals surface area contributed by atoms with Gasteiger partial charge in [-0.05, 0) is 57.1 Å². The van der Waals surface area contributed by atoms with Gasteiger partial charge in [0.1, 0.15) is 0 Å². The molecule has 1 aliphatic heterocycles. The molecule has 160 valence electrons. The van der Waals surface area contributed by atoms with Crippen LogP contribution < -0.4 is 20.1 Å². The van der Waals surface area contributed by atoms with Crippen LogP contribution >= 0.6 is 24.0 Å². The summed E-state index contributed by atoms with van der Waals surface area (Å²) in [6.07, 6.45) is 3.24. The number of nitrogens with zero attached hydrogens (tertiary/aromatic N) is 2. The van der Waals surface area contributed by atoms with E-state index in [0.29, 0.717) is 25.8 Å². The van der Waals surface area contributed by atoms with Crippen LogP contribution in [0.1, 0.15) is 45.6 Å². The molecule has 1 aromatic rings. The summed E-state index contributed by atoms with van der Waals surface area (Å²) in [6.45, 7) is 12.2. The first kappa shape index (κ1) is 24.8. The summed E-state index contributed by atoms with van der Waals surface area (Å²) in [5, 5.41) is 6.88. The van der Waals surface area contributed by atoms with Gasteiger partial charge in [0.2, 0.25) is 0 Å². The number of ether oxygens (including phenoxy) is 2. The first-order valence-corrected chi connectivity index (χ1v) is 10.2. The van der Waals surface area contributed by atoms with Crippen molar-refractivity contribution in [1.82, 2.24) is 15.5 Å². The third kappa shape index (κ3) is 8.43. The molecular weight excluding hydrogens is 467 g/mol. The summed E-state index contributed by atoms with van der Waals surface area (Å²) in [5.41, 5.74) is 1.15. The van der Waals surface area contributed by atoms with Crippen molar-refractivity contribution < 1.29 is 9.47 Å². The molecule has 0 aromatic heterocycles. The van der Waals surface area contributed by atoms with Gasteiger partial charge in [0.25, 0.3) is 0 Å². The number of hydrogen-bond acceptors (Lipinski definition) is 4. The molecule has 0 bridgehead atoms. The van der Waals surface area contributed by atoms with Gasteiger partial charge < -0.3 is 25.0 Å². The lowest BCUT2D eigenvalue weighted by Crippen LogP contribution is -2.42. The van der Waals surface area contributed by atoms with Crippen LogP contribution in [0.2, 0.25) is 0 Å². The Labute approximate surface area is 187 Å². The molecule has 0 saturated carbocycles. The Morgan fingerprint density at radius 2 is 1.89 bits per heavy atom. The number of halogens is 1. The monoisotopic (exact) mass is 504 g/mol. The molecule has 6 nitrogen and oxygen atoms in total. The third-order valence-electron chi connectivity index (χ3n) is 4.88. The maximum atomic E-state index is 5.77. The predicted molar refractivity (Wildman–Crippen MR) is 127 cm³/mol. The highest BCUT2D eigenvalue weighted by Crippen LogP contribution is 2.30. The Morgan fingerprint density at radius 1 is 1.18 bits per heavy atom. The second-order valence-electron chi connectivity index (χ2n) is 6.97. The molecule has 1 aliphatic rings. The zero-order valence-electron chi connectivity index (χ0n) is 17.8. The number of nitrogens with one attached hydrogen (secondary N) is 2.